The van der Waals surface area contributed by atoms with Crippen LogP contribution in [0.1, 0.15) is 45.6 Å². The Kier molecular flexibility index (Phi) is 7.00. The van der Waals surface area contributed by atoms with Gasteiger partial charge in [-0.25, -0.2) is 0 Å². The molecule has 0 saturated carbocycles. The fourth-order valence-electron chi connectivity index (χ4n) is 4.54. The van der Waals surface area contributed by atoms with Crippen molar-refractivity contribution in [3.8, 4) is 0 Å². The van der Waals surface area contributed by atoms with Crippen molar-refractivity contribution in [1.82, 2.24) is 4.90 Å². The zero-order valence-corrected chi connectivity index (χ0v) is 17.9. The summed E-state index contributed by atoms with van der Waals surface area (Å²) in [5.41, 5.74) is 2.62. The molecule has 1 saturated heterocycles. The van der Waals surface area contributed by atoms with Gasteiger partial charge in [0.15, 0.2) is 0 Å². The minimum Gasteiger partial charge on any atom is -0.383 e. The van der Waals surface area contributed by atoms with Crippen molar-refractivity contribution >= 4 is 11.6 Å². The lowest BCUT2D eigenvalue weighted by Crippen LogP contribution is -2.42. The minimum absolute atomic E-state index is 0.0625. The number of nitrogens with zero attached hydrogens (tertiary/aromatic N) is 2. The molecule has 2 aliphatic heterocycles. The number of rotatable bonds is 9. The average Bonchev–Trinajstić information content (AvgIpc) is 3.26. The Balaban J connectivity index is 1.74. The molecule has 0 aliphatic carbocycles. The predicted molar refractivity (Wildman–Crippen MR) is 113 cm³/mol. The highest BCUT2D eigenvalue weighted by atomic mass is 16.5. The SMILES string of the molecule is CCCN(CCOC)C(=O)[C@@H]1C[C@]2(CO1)CN(CCC(C)C)c1ccccc12. The molecule has 5 nitrogen and oxygen atoms in total. The zero-order valence-electron chi connectivity index (χ0n) is 17.9. The molecule has 2 atom stereocenters. The number of ether oxygens (including phenoxy) is 2. The third-order valence-corrected chi connectivity index (χ3v) is 6.07. The number of methoxy groups -OCH3 is 1. The second kappa shape index (κ2) is 9.27. The lowest BCUT2D eigenvalue weighted by Gasteiger charge is -2.26. The highest BCUT2D eigenvalue weighted by Crippen LogP contribution is 2.47. The van der Waals surface area contributed by atoms with E-state index in [9.17, 15) is 4.79 Å². The molecular formula is C23H36N2O3. The first-order valence-electron chi connectivity index (χ1n) is 10.7. The highest BCUT2D eigenvalue weighted by Gasteiger charge is 2.50. The number of hydrogen-bond donors (Lipinski definition) is 0. The summed E-state index contributed by atoms with van der Waals surface area (Å²) in [7, 11) is 1.68. The number of carbonyl (C=O) groups excluding carboxylic acids is 1. The molecule has 2 heterocycles. The Morgan fingerprint density at radius 1 is 1.36 bits per heavy atom. The first-order valence-corrected chi connectivity index (χ1v) is 10.7. The van der Waals surface area contributed by atoms with Crippen LogP contribution in [0.5, 0.6) is 0 Å². The van der Waals surface area contributed by atoms with Gasteiger partial charge < -0.3 is 19.3 Å². The summed E-state index contributed by atoms with van der Waals surface area (Å²) in [6, 6.07) is 8.69. The zero-order chi connectivity index (χ0) is 20.1. The maximum atomic E-state index is 13.1. The topological polar surface area (TPSA) is 42.0 Å². The normalized spacial score (nSPS) is 23.6. The fourth-order valence-corrected chi connectivity index (χ4v) is 4.54. The van der Waals surface area contributed by atoms with Crippen LogP contribution in [0.25, 0.3) is 0 Å². The van der Waals surface area contributed by atoms with Crippen LogP contribution in [0.15, 0.2) is 24.3 Å². The summed E-state index contributed by atoms with van der Waals surface area (Å²) in [6.45, 7) is 11.2. The number of benzene rings is 1. The van der Waals surface area contributed by atoms with Gasteiger partial charge in [-0.15, -0.1) is 0 Å². The molecular weight excluding hydrogens is 352 g/mol. The molecule has 156 valence electrons. The number of para-hydroxylation sites is 1. The summed E-state index contributed by atoms with van der Waals surface area (Å²) in [5, 5.41) is 0. The molecule has 0 bridgehead atoms. The van der Waals surface area contributed by atoms with Gasteiger partial charge in [-0.1, -0.05) is 39.0 Å². The Morgan fingerprint density at radius 3 is 2.86 bits per heavy atom. The number of hydrogen-bond acceptors (Lipinski definition) is 4. The summed E-state index contributed by atoms with van der Waals surface area (Å²) in [4.78, 5) is 17.5. The van der Waals surface area contributed by atoms with E-state index in [0.29, 0.717) is 25.7 Å². The third kappa shape index (κ3) is 4.36. The molecule has 5 heteroatoms. The van der Waals surface area contributed by atoms with Crippen molar-refractivity contribution in [3.63, 3.8) is 0 Å². The third-order valence-electron chi connectivity index (χ3n) is 6.07. The second-order valence-corrected chi connectivity index (χ2v) is 8.72. The molecule has 1 aromatic carbocycles. The summed E-state index contributed by atoms with van der Waals surface area (Å²) in [5.74, 6) is 0.801. The Labute approximate surface area is 170 Å². The van der Waals surface area contributed by atoms with Crippen LogP contribution in [0.4, 0.5) is 5.69 Å². The molecule has 3 rings (SSSR count). The van der Waals surface area contributed by atoms with Gasteiger partial charge in [0.1, 0.15) is 6.10 Å². The number of fused-ring (bicyclic) bond motifs is 2. The van der Waals surface area contributed by atoms with E-state index < -0.39 is 0 Å². The smallest absolute Gasteiger partial charge is 0.251 e. The van der Waals surface area contributed by atoms with Gasteiger partial charge in [0.2, 0.25) is 0 Å². The van der Waals surface area contributed by atoms with Crippen molar-refractivity contribution in [2.75, 3.05) is 51.4 Å². The Bertz CT molecular complexity index is 663. The Hall–Kier alpha value is -1.59. The number of carbonyl (C=O) groups is 1. The van der Waals surface area contributed by atoms with Crippen molar-refractivity contribution in [2.24, 2.45) is 5.92 Å². The lowest BCUT2D eigenvalue weighted by molar-refractivity contribution is -0.141. The van der Waals surface area contributed by atoms with E-state index in [-0.39, 0.29) is 17.4 Å². The van der Waals surface area contributed by atoms with E-state index in [1.807, 2.05) is 4.90 Å². The summed E-state index contributed by atoms with van der Waals surface area (Å²) in [6.07, 6.45) is 2.55. The van der Waals surface area contributed by atoms with Crippen LogP contribution in [-0.4, -0.2) is 63.4 Å². The van der Waals surface area contributed by atoms with E-state index >= 15 is 0 Å². The van der Waals surface area contributed by atoms with E-state index in [1.165, 1.54) is 17.7 Å². The molecule has 1 fully saturated rings. The van der Waals surface area contributed by atoms with Crippen molar-refractivity contribution in [3.05, 3.63) is 29.8 Å². The monoisotopic (exact) mass is 388 g/mol. The van der Waals surface area contributed by atoms with E-state index in [4.69, 9.17) is 9.47 Å². The van der Waals surface area contributed by atoms with Crippen LogP contribution in [0.3, 0.4) is 0 Å². The predicted octanol–water partition coefficient (Wildman–Crippen LogP) is 3.46. The van der Waals surface area contributed by atoms with Gasteiger partial charge in [-0.05, 0) is 36.8 Å². The summed E-state index contributed by atoms with van der Waals surface area (Å²) >= 11 is 0. The Morgan fingerprint density at radius 2 is 2.14 bits per heavy atom. The lowest BCUT2D eigenvalue weighted by atomic mass is 9.80. The molecule has 0 unspecified atom stereocenters. The second-order valence-electron chi connectivity index (χ2n) is 8.72. The van der Waals surface area contributed by atoms with Crippen LogP contribution < -0.4 is 4.90 Å². The van der Waals surface area contributed by atoms with Crippen LogP contribution in [0, 0.1) is 5.92 Å². The van der Waals surface area contributed by atoms with Gasteiger partial charge in [-0.2, -0.15) is 0 Å². The van der Waals surface area contributed by atoms with Gasteiger partial charge in [-0.3, -0.25) is 4.79 Å². The molecule has 0 radical (unpaired) electrons. The maximum absolute atomic E-state index is 13.1. The first-order chi connectivity index (χ1) is 13.5. The molecule has 1 amide bonds. The fraction of sp³-hybridized carbons (Fsp3) is 0.696. The molecule has 0 aromatic heterocycles. The van der Waals surface area contributed by atoms with Crippen molar-refractivity contribution < 1.29 is 14.3 Å². The molecule has 0 N–H and O–H groups in total. The highest BCUT2D eigenvalue weighted by molar-refractivity contribution is 5.82. The molecule has 1 aromatic rings. The van der Waals surface area contributed by atoms with E-state index in [1.54, 1.807) is 7.11 Å². The summed E-state index contributed by atoms with van der Waals surface area (Å²) < 4.78 is 11.3. The quantitative estimate of drug-likeness (QED) is 0.650. The van der Waals surface area contributed by atoms with Crippen LogP contribution in [0.2, 0.25) is 0 Å². The van der Waals surface area contributed by atoms with Gasteiger partial charge >= 0.3 is 0 Å². The van der Waals surface area contributed by atoms with Crippen molar-refractivity contribution in [1.29, 1.82) is 0 Å². The van der Waals surface area contributed by atoms with Gasteiger partial charge in [0, 0.05) is 44.4 Å². The van der Waals surface area contributed by atoms with E-state index in [0.717, 1.165) is 32.5 Å². The van der Waals surface area contributed by atoms with Crippen molar-refractivity contribution in [2.45, 2.75) is 51.6 Å². The van der Waals surface area contributed by atoms with Gasteiger partial charge in [0.25, 0.3) is 5.91 Å². The molecule has 28 heavy (non-hydrogen) atoms. The van der Waals surface area contributed by atoms with Crippen LogP contribution >= 0.6 is 0 Å². The maximum Gasteiger partial charge on any atom is 0.251 e. The standard InChI is InChI=1S/C23H36N2O3/c1-5-11-24(13-14-27-4)22(26)21-15-23(17-28-21)16-25(12-10-18(2)3)20-9-7-6-8-19(20)23/h6-9,18,21H,5,10-17H2,1-4H3/t21-,23+/m0/s1. The number of amides is 1. The average molecular weight is 389 g/mol. The molecule has 1 spiro atoms. The van der Waals surface area contributed by atoms with E-state index in [2.05, 4.69) is 49.9 Å². The first kappa shape index (κ1) is 21.1. The molecule has 2 aliphatic rings. The van der Waals surface area contributed by atoms with Gasteiger partial charge in [0.05, 0.1) is 13.2 Å². The number of anilines is 1. The minimum atomic E-state index is -0.346. The van der Waals surface area contributed by atoms with Crippen LogP contribution in [-0.2, 0) is 19.7 Å². The largest absolute Gasteiger partial charge is 0.383 e.